The van der Waals surface area contributed by atoms with Gasteiger partial charge < -0.3 is 14.5 Å². The van der Waals surface area contributed by atoms with Crippen molar-refractivity contribution in [2.75, 3.05) is 45.9 Å². The van der Waals surface area contributed by atoms with Crippen LogP contribution in [0, 0.1) is 11.3 Å². The number of likely N-dealkylation sites (tertiary alicyclic amines) is 3. The predicted octanol–water partition coefficient (Wildman–Crippen LogP) is 5.15. The number of nitrogens with zero attached hydrogens (tertiary/aromatic N) is 5. The first-order valence-corrected chi connectivity index (χ1v) is 14.0. The van der Waals surface area contributed by atoms with Gasteiger partial charge in [-0.05, 0) is 80.3 Å². The number of ether oxygens (including phenoxy) is 1. The number of hydrogen-bond acceptors (Lipinski definition) is 5. The van der Waals surface area contributed by atoms with Crippen molar-refractivity contribution >= 4 is 12.1 Å². The number of amides is 4. The molecule has 0 aromatic heterocycles. The highest BCUT2D eigenvalue weighted by atomic mass is 16.5. The Morgan fingerprint density at radius 1 is 0.816 bits per heavy atom. The number of hydrogen-bond donors (Lipinski definition) is 0. The molecule has 5 rings (SSSR count). The first-order chi connectivity index (χ1) is 18.6. The van der Waals surface area contributed by atoms with Crippen molar-refractivity contribution in [3.8, 4) is 22.9 Å². The lowest BCUT2D eigenvalue weighted by Gasteiger charge is -2.37. The number of carbonyl (C=O) groups excluding carboxylic acids is 2. The summed E-state index contributed by atoms with van der Waals surface area (Å²) in [6, 6.07) is 17.5. The number of imide groups is 1. The second-order valence-electron chi connectivity index (χ2n) is 10.4. The second-order valence-corrected chi connectivity index (χ2v) is 10.4. The van der Waals surface area contributed by atoms with E-state index >= 15 is 0 Å². The molecule has 0 aliphatic carbocycles. The molecule has 3 heterocycles. The minimum atomic E-state index is -0.178. The molecule has 38 heavy (non-hydrogen) atoms. The van der Waals surface area contributed by atoms with Gasteiger partial charge in [-0.1, -0.05) is 24.3 Å². The molecule has 3 saturated heterocycles. The van der Waals surface area contributed by atoms with Crippen molar-refractivity contribution in [2.24, 2.45) is 0 Å². The van der Waals surface area contributed by atoms with E-state index < -0.39 is 0 Å². The summed E-state index contributed by atoms with van der Waals surface area (Å²) in [7, 11) is 0. The number of benzene rings is 2. The minimum Gasteiger partial charge on any atom is -0.494 e. The van der Waals surface area contributed by atoms with Crippen LogP contribution in [0.25, 0.3) is 11.1 Å². The Kier molecular flexibility index (Phi) is 8.44. The molecule has 0 spiro atoms. The van der Waals surface area contributed by atoms with Crippen molar-refractivity contribution in [3.63, 3.8) is 0 Å². The molecule has 3 fully saturated rings. The van der Waals surface area contributed by atoms with Gasteiger partial charge in [0.25, 0.3) is 0 Å². The smallest absolute Gasteiger partial charge is 0.329 e. The average molecular weight is 516 g/mol. The molecule has 3 aliphatic heterocycles. The summed E-state index contributed by atoms with van der Waals surface area (Å²) in [6.07, 6.45) is 6.50. The van der Waals surface area contributed by atoms with Crippen LogP contribution >= 0.6 is 0 Å². The van der Waals surface area contributed by atoms with Crippen LogP contribution in [0.2, 0.25) is 0 Å². The van der Waals surface area contributed by atoms with Crippen LogP contribution in [0.4, 0.5) is 9.59 Å². The van der Waals surface area contributed by atoms with E-state index in [1.807, 2.05) is 58.3 Å². The fraction of sp³-hybridized carbons (Fsp3) is 0.500. The number of carbonyl (C=O) groups is 2. The van der Waals surface area contributed by atoms with Crippen molar-refractivity contribution in [3.05, 3.63) is 54.1 Å². The maximum absolute atomic E-state index is 13.5. The normalized spacial score (nSPS) is 19.5. The fourth-order valence-corrected chi connectivity index (χ4v) is 5.76. The van der Waals surface area contributed by atoms with Crippen LogP contribution in [-0.4, -0.2) is 83.7 Å². The van der Waals surface area contributed by atoms with Crippen LogP contribution < -0.4 is 4.74 Å². The van der Waals surface area contributed by atoms with Crippen LogP contribution in [-0.2, 0) is 0 Å². The molecule has 0 radical (unpaired) electrons. The molecule has 1 atom stereocenters. The van der Waals surface area contributed by atoms with Gasteiger partial charge >= 0.3 is 12.1 Å². The summed E-state index contributed by atoms with van der Waals surface area (Å²) >= 11 is 0. The average Bonchev–Trinajstić information content (AvgIpc) is 3.75. The Balaban J connectivity index is 1.16. The SMILES string of the molecule is N#Cc1ccc(-c2ccc(OCCCN3CCCC3N(C(=O)N3CCCC3)C(=O)N3CCCC3)cc2)cc1. The van der Waals surface area contributed by atoms with E-state index in [4.69, 9.17) is 10.00 Å². The van der Waals surface area contributed by atoms with Gasteiger partial charge in [0.05, 0.1) is 24.4 Å². The quantitative estimate of drug-likeness (QED) is 0.477. The maximum atomic E-state index is 13.5. The first-order valence-electron chi connectivity index (χ1n) is 14.0. The van der Waals surface area contributed by atoms with Crippen molar-refractivity contribution in [1.82, 2.24) is 19.6 Å². The molecule has 0 bridgehead atoms. The Morgan fingerprint density at radius 3 is 1.92 bits per heavy atom. The molecule has 2 aromatic rings. The fourth-order valence-electron chi connectivity index (χ4n) is 5.76. The van der Waals surface area contributed by atoms with Gasteiger partial charge in [0, 0.05) is 39.3 Å². The monoisotopic (exact) mass is 515 g/mol. The van der Waals surface area contributed by atoms with Gasteiger partial charge in [-0.3, -0.25) is 4.90 Å². The van der Waals surface area contributed by atoms with Gasteiger partial charge in [-0.15, -0.1) is 0 Å². The number of nitriles is 1. The third-order valence-corrected chi connectivity index (χ3v) is 7.85. The van der Waals surface area contributed by atoms with Gasteiger partial charge in [0.2, 0.25) is 0 Å². The summed E-state index contributed by atoms with van der Waals surface area (Å²) in [5.74, 6) is 0.815. The highest BCUT2D eigenvalue weighted by Crippen LogP contribution is 2.27. The van der Waals surface area contributed by atoms with Crippen LogP contribution in [0.5, 0.6) is 5.75 Å². The lowest BCUT2D eigenvalue weighted by atomic mass is 10.0. The van der Waals surface area contributed by atoms with Gasteiger partial charge in [0.1, 0.15) is 5.75 Å². The Hall–Kier alpha value is -3.57. The lowest BCUT2D eigenvalue weighted by Crippen LogP contribution is -2.58. The molecule has 0 N–H and O–H groups in total. The zero-order valence-electron chi connectivity index (χ0n) is 22.1. The van der Waals surface area contributed by atoms with Crippen molar-refractivity contribution in [1.29, 1.82) is 5.26 Å². The van der Waals surface area contributed by atoms with E-state index in [1.54, 1.807) is 4.90 Å². The molecule has 8 heteroatoms. The summed E-state index contributed by atoms with van der Waals surface area (Å²) < 4.78 is 6.01. The highest BCUT2D eigenvalue weighted by molar-refractivity contribution is 5.94. The summed E-state index contributed by atoms with van der Waals surface area (Å²) in [5, 5.41) is 8.98. The molecule has 3 aliphatic rings. The molecule has 1 unspecified atom stereocenters. The molecule has 8 nitrogen and oxygen atoms in total. The third-order valence-electron chi connectivity index (χ3n) is 7.85. The van der Waals surface area contributed by atoms with Crippen LogP contribution in [0.1, 0.15) is 50.5 Å². The molecule has 4 amide bonds. The summed E-state index contributed by atoms with van der Waals surface area (Å²) in [6.45, 7) is 5.21. The number of rotatable bonds is 7. The Bertz CT molecular complexity index is 1100. The van der Waals surface area contributed by atoms with Crippen LogP contribution in [0.15, 0.2) is 48.5 Å². The topological polar surface area (TPSA) is 80.1 Å². The van der Waals surface area contributed by atoms with Crippen LogP contribution in [0.3, 0.4) is 0 Å². The minimum absolute atomic E-state index is 0.116. The van der Waals surface area contributed by atoms with E-state index in [0.717, 1.165) is 101 Å². The first kappa shape index (κ1) is 26.1. The molecular formula is C30H37N5O3. The van der Waals surface area contributed by atoms with E-state index in [-0.39, 0.29) is 18.2 Å². The van der Waals surface area contributed by atoms with Gasteiger partial charge in [-0.25, -0.2) is 14.5 Å². The van der Waals surface area contributed by atoms with E-state index in [9.17, 15) is 9.59 Å². The van der Waals surface area contributed by atoms with E-state index in [2.05, 4.69) is 11.0 Å². The number of urea groups is 2. The highest BCUT2D eigenvalue weighted by Gasteiger charge is 2.41. The van der Waals surface area contributed by atoms with Crippen molar-refractivity contribution < 1.29 is 14.3 Å². The lowest BCUT2D eigenvalue weighted by molar-refractivity contribution is 0.0783. The molecule has 2 aromatic carbocycles. The zero-order chi connectivity index (χ0) is 26.3. The van der Waals surface area contributed by atoms with Crippen molar-refractivity contribution in [2.45, 2.75) is 51.1 Å². The Labute approximate surface area is 225 Å². The van der Waals surface area contributed by atoms with E-state index in [0.29, 0.717) is 12.2 Å². The summed E-state index contributed by atoms with van der Waals surface area (Å²) in [5.41, 5.74) is 2.79. The molecule has 0 saturated carbocycles. The van der Waals surface area contributed by atoms with E-state index in [1.165, 1.54) is 0 Å². The Morgan fingerprint density at radius 2 is 1.37 bits per heavy atom. The largest absolute Gasteiger partial charge is 0.494 e. The van der Waals surface area contributed by atoms with Gasteiger partial charge in [0.15, 0.2) is 0 Å². The zero-order valence-corrected chi connectivity index (χ0v) is 22.1. The van der Waals surface area contributed by atoms with Gasteiger partial charge in [-0.2, -0.15) is 5.26 Å². The second kappa shape index (κ2) is 12.3. The standard InChI is InChI=1S/C30H37N5O3/c31-23-24-8-10-25(11-9-24)26-12-14-27(15-13-26)38-22-6-21-32-20-5-7-28(32)35(29(36)33-16-1-2-17-33)30(37)34-18-3-4-19-34/h8-15,28H,1-7,16-22H2. The summed E-state index contributed by atoms with van der Waals surface area (Å²) in [4.78, 5) is 34.6. The third kappa shape index (κ3) is 5.94. The molecule has 200 valence electrons. The predicted molar refractivity (Wildman–Crippen MR) is 146 cm³/mol. The molecular weight excluding hydrogens is 478 g/mol. The maximum Gasteiger partial charge on any atom is 0.329 e.